The molecule has 4 aromatic heterocycles. The number of likely N-dealkylation sites (N-methyl/N-ethyl adjacent to an activating group) is 1. The number of anilines is 4. The normalized spacial score (nSPS) is 20.0. The number of phenols is 2. The number of rotatable bonds is 19. The predicted molar refractivity (Wildman–Crippen MR) is 384 cm³/mol. The van der Waals surface area contributed by atoms with Gasteiger partial charge >= 0.3 is 17.9 Å². The predicted octanol–water partition coefficient (Wildman–Crippen LogP) is 4.17. The van der Waals surface area contributed by atoms with Gasteiger partial charge in [0.1, 0.15) is 57.3 Å². The lowest BCUT2D eigenvalue weighted by Gasteiger charge is -2.53. The van der Waals surface area contributed by atoms with Crippen molar-refractivity contribution in [1.82, 2.24) is 50.1 Å². The molecule has 2 bridgehead atoms. The number of benzene rings is 4. The fourth-order valence-corrected chi connectivity index (χ4v) is 12.9. The third-order valence-electron chi connectivity index (χ3n) is 17.4. The number of H-pyrrole nitrogens is 2. The third-order valence-corrected chi connectivity index (χ3v) is 18.0. The van der Waals surface area contributed by atoms with E-state index >= 15 is 0 Å². The van der Waals surface area contributed by atoms with Gasteiger partial charge < -0.3 is 107 Å². The van der Waals surface area contributed by atoms with E-state index in [0.29, 0.717) is 63.0 Å². The second kappa shape index (κ2) is 34.1. The monoisotopic (exact) mass is 1510 g/mol. The van der Waals surface area contributed by atoms with E-state index in [4.69, 9.17) is 86.9 Å². The van der Waals surface area contributed by atoms with E-state index in [1.54, 1.807) is 57.5 Å². The fourth-order valence-electron chi connectivity index (χ4n) is 12.3. The van der Waals surface area contributed by atoms with Gasteiger partial charge in [-0.05, 0) is 100 Å². The molecule has 12 rings (SSSR count). The SMILES string of the molecule is CC(=O)O.CN(Cc1cnc2nc(N)nc(N)c2n1)c1ccc(C(=O)N[C@@H](CCC(=O)O)C(=O)O)cc1.CO[C@@H]1C[C@](C)(O)Cc2cc3c(c(O)c21)C(=O)c1c(O)cc2c(c1C3=O)O[C@@H]1O[C@@]2(C)[C@H](O)[C@@H](N(C)C)[C@@H]1O.N[C@@H](Cc1ccc(N(CCCl)CCCl)cc1)C(=O)O.S=c1[nH]cnc2nc[nH]c12. The molecule has 0 unspecified atom stereocenters. The van der Waals surface area contributed by atoms with Crippen LogP contribution in [0.3, 0.4) is 0 Å². The van der Waals surface area contributed by atoms with E-state index in [-0.39, 0.29) is 76.6 Å². The minimum atomic E-state index is -1.50. The van der Waals surface area contributed by atoms with E-state index < -0.39 is 107 Å². The zero-order chi connectivity index (χ0) is 77.3. The van der Waals surface area contributed by atoms with Crippen LogP contribution in [0.25, 0.3) is 22.3 Å². The number of nitrogen functional groups attached to an aromatic ring is 2. The number of nitrogens with one attached hydrogen (secondary N) is 3. The number of aliphatic hydroxyl groups is 3. The number of amides is 1. The van der Waals surface area contributed by atoms with Gasteiger partial charge in [-0.25, -0.2) is 24.7 Å². The Hall–Kier alpha value is -10.3. The Morgan fingerprint density at radius 1 is 0.838 bits per heavy atom. The highest BCUT2D eigenvalue weighted by Crippen LogP contribution is 2.54. The van der Waals surface area contributed by atoms with Crippen LogP contribution < -0.4 is 37.1 Å². The number of carbonyl (C=O) groups excluding carboxylic acids is 3. The van der Waals surface area contributed by atoms with Crippen molar-refractivity contribution in [2.45, 2.75) is 113 Å². The smallest absolute Gasteiger partial charge is 0.326 e. The minimum absolute atomic E-state index is 0.0138. The molecule has 1 fully saturated rings. The quantitative estimate of drug-likeness (QED) is 0.0399. The molecule has 9 atom stereocenters. The Morgan fingerprint density at radius 3 is 2.05 bits per heavy atom. The molecule has 4 aromatic carbocycles. The number of halogens is 2. The second-order valence-electron chi connectivity index (χ2n) is 25.3. The number of imidazole rings is 1. The number of aliphatic hydroxyl groups excluding tert-OH is 2. The van der Waals surface area contributed by atoms with Crippen LogP contribution in [-0.4, -0.2) is 227 Å². The standard InChI is InChI=1S/C28H31NO10.C20H22N8O5.C13H18Cl2N2O2.C5H4N4S.C2H4O2/c1-27(36)8-10-6-11-16(21(32)15(10)14(9-27)37-5)22(33)17-13(30)7-12-24(18(17)20(11)31)38-26-23(34)19(29(3)4)25(35)28(12,2)39-26;1-28(9-11-8-23-17-15(24-11)16(21)26-20(22)27-17)12-4-2-10(3-5-12)18(31)25-13(19(32)33)6-7-14(29)30;14-5-7-17(8-6-15)11-3-1-10(2-4-11)9-12(16)13(18)19;10-5-3-4(7-1-6-3)8-2-9-5;1-2(3)4/h6-7,14,19,23,25-26,30,32,34-36H,8-9H2,1-5H3;2-5,8,13H,6-7,9H2,1H3,(H,25,31)(H,29,30)(H,32,33)(H4,21,22,23,26,27);1-4,12H,5-9,16H2,(H,18,19);1-2H,(H2,6,7,8,9,10);1H3,(H,3,4)/t14-,19+,23+,25-,26-,27-,28-;13-;12-;;/m100../s1. The number of nitrogens with two attached hydrogens (primary N) is 3. The van der Waals surface area contributed by atoms with Crippen molar-refractivity contribution in [3.05, 3.63) is 140 Å². The summed E-state index contributed by atoms with van der Waals surface area (Å²) in [6.07, 6.45) is 0.0981. The molecule has 4 aliphatic rings. The highest BCUT2D eigenvalue weighted by atomic mass is 35.5. The van der Waals surface area contributed by atoms with Gasteiger partial charge in [0.05, 0.1) is 65.5 Å². The lowest BCUT2D eigenvalue weighted by Crippen LogP contribution is -2.68. The molecule has 34 nitrogen and oxygen atoms in total. The summed E-state index contributed by atoms with van der Waals surface area (Å²) in [6.45, 7) is 6.09. The number of fused-ring (bicyclic) bond motifs is 10. The van der Waals surface area contributed by atoms with Gasteiger partial charge in [-0.1, -0.05) is 24.4 Å². The van der Waals surface area contributed by atoms with Crippen LogP contribution >= 0.6 is 35.4 Å². The number of hydrogen-bond acceptors (Lipinski definition) is 28. The summed E-state index contributed by atoms with van der Waals surface area (Å²) in [5, 5.41) is 91.8. The van der Waals surface area contributed by atoms with Crippen molar-refractivity contribution in [1.29, 1.82) is 0 Å². The maximum Gasteiger partial charge on any atom is 0.326 e. The first-order chi connectivity index (χ1) is 49.5. The molecule has 0 radical (unpaired) electrons. The number of aromatic nitrogens is 8. The molecular formula is C68H79Cl2N15O19S. The maximum absolute atomic E-state index is 14.1. The Kier molecular flexibility index (Phi) is 26.1. The highest BCUT2D eigenvalue weighted by Gasteiger charge is 2.59. The summed E-state index contributed by atoms with van der Waals surface area (Å²) >= 11 is 16.4. The summed E-state index contributed by atoms with van der Waals surface area (Å²) in [6, 6.07) is 13.8. The van der Waals surface area contributed by atoms with Crippen molar-refractivity contribution in [2.75, 3.05) is 74.4 Å². The van der Waals surface area contributed by atoms with Crippen molar-refractivity contribution in [2.24, 2.45) is 5.73 Å². The topological polar surface area (TPSA) is 538 Å². The molecule has 8 aromatic rings. The Labute approximate surface area is 613 Å². The second-order valence-corrected chi connectivity index (χ2v) is 26.5. The molecule has 560 valence electrons. The molecule has 2 aliphatic heterocycles. The molecule has 37 heteroatoms. The van der Waals surface area contributed by atoms with Crippen molar-refractivity contribution >= 4 is 122 Å². The molecule has 0 spiro atoms. The minimum Gasteiger partial charge on any atom is -0.507 e. The van der Waals surface area contributed by atoms with Gasteiger partial charge in [-0.2, -0.15) is 9.97 Å². The number of aromatic hydroxyl groups is 2. The van der Waals surface area contributed by atoms with E-state index in [9.17, 15) is 59.4 Å². The van der Waals surface area contributed by atoms with Crippen molar-refractivity contribution in [3.8, 4) is 17.2 Å². The summed E-state index contributed by atoms with van der Waals surface area (Å²) in [4.78, 5) is 118. The summed E-state index contributed by atoms with van der Waals surface area (Å²) in [5.41, 5.74) is 19.8. The van der Waals surface area contributed by atoms with Gasteiger partial charge in [0.2, 0.25) is 18.0 Å². The number of hydrogen-bond donors (Lipinski definition) is 15. The molecule has 2 aliphatic carbocycles. The highest BCUT2D eigenvalue weighted by molar-refractivity contribution is 7.71. The molecule has 105 heavy (non-hydrogen) atoms. The van der Waals surface area contributed by atoms with Gasteiger partial charge in [0.15, 0.2) is 28.4 Å². The van der Waals surface area contributed by atoms with Crippen LogP contribution in [0.5, 0.6) is 17.2 Å². The molecule has 0 saturated carbocycles. The van der Waals surface area contributed by atoms with Gasteiger partial charge in [0.25, 0.3) is 11.9 Å². The van der Waals surface area contributed by atoms with Crippen LogP contribution in [-0.2, 0) is 53.6 Å². The number of carboxylic acids is 4. The van der Waals surface area contributed by atoms with Crippen LogP contribution in [0.4, 0.5) is 23.1 Å². The first-order valence-corrected chi connectivity index (χ1v) is 33.6. The average Bonchev–Trinajstić information content (AvgIpc) is 0.821. The number of methoxy groups -OCH3 is 1. The third kappa shape index (κ3) is 18.4. The van der Waals surface area contributed by atoms with Crippen LogP contribution in [0.15, 0.2) is 79.5 Å². The van der Waals surface area contributed by atoms with Gasteiger partial charge in [0, 0.05) is 98.8 Å². The summed E-state index contributed by atoms with van der Waals surface area (Å²) in [5.74, 6) is -6.21. The Bertz CT molecular complexity index is 4620. The number of carbonyl (C=O) groups is 7. The molecular weight excluding hydrogens is 1430 g/mol. The number of carboxylic acid groups (broad SMARTS) is 4. The fraction of sp³-hybridized carbons (Fsp3) is 0.382. The van der Waals surface area contributed by atoms with E-state index in [0.717, 1.165) is 42.5 Å². The van der Waals surface area contributed by atoms with Crippen LogP contribution in [0.1, 0.15) is 116 Å². The lowest BCUT2D eigenvalue weighted by molar-refractivity contribution is -0.311. The number of alkyl halides is 2. The molecule has 1 amide bonds. The number of ether oxygens (including phenoxy) is 3. The first-order valence-electron chi connectivity index (χ1n) is 32.2. The van der Waals surface area contributed by atoms with E-state index in [1.165, 1.54) is 37.7 Å². The van der Waals surface area contributed by atoms with Gasteiger partial charge in [-0.15, -0.1) is 23.2 Å². The maximum atomic E-state index is 14.1. The lowest BCUT2D eigenvalue weighted by atomic mass is 9.72. The number of aromatic amines is 2. The van der Waals surface area contributed by atoms with Crippen LogP contribution in [0.2, 0.25) is 0 Å². The van der Waals surface area contributed by atoms with Crippen LogP contribution in [0, 0.1) is 4.64 Å². The number of phenolic OH excluding ortho intramolecular Hbond substituents is 2. The number of nitrogens with zero attached hydrogens (tertiary/aromatic N) is 9. The zero-order valence-corrected chi connectivity index (χ0v) is 60.0. The molecule has 6 heterocycles. The number of aliphatic carboxylic acids is 4. The average molecular weight is 1510 g/mol. The molecule has 18 N–H and O–H groups in total. The van der Waals surface area contributed by atoms with Crippen molar-refractivity contribution in [3.63, 3.8) is 0 Å². The largest absolute Gasteiger partial charge is 0.507 e. The summed E-state index contributed by atoms with van der Waals surface area (Å²) < 4.78 is 18.1. The zero-order valence-electron chi connectivity index (χ0n) is 57.6. The van der Waals surface area contributed by atoms with Crippen molar-refractivity contribution < 1.29 is 93.7 Å². The Balaban J connectivity index is 0.000000189. The Morgan fingerprint density at radius 2 is 1.47 bits per heavy atom. The van der Waals surface area contributed by atoms with Gasteiger partial charge in [-0.3, -0.25) is 28.8 Å². The molecule has 1 saturated heterocycles. The summed E-state index contributed by atoms with van der Waals surface area (Å²) in [7, 11) is 6.61. The van der Waals surface area contributed by atoms with E-state index in [1.807, 2.05) is 36.2 Å². The van der Waals surface area contributed by atoms with E-state index in [2.05, 4.69) is 50.1 Å². The number of ketones is 2. The first kappa shape index (κ1) is 80.3.